The number of hydrogen-bond donors (Lipinski definition) is 1. The van der Waals surface area contributed by atoms with Gasteiger partial charge in [-0.15, -0.1) is 0 Å². The zero-order valence-corrected chi connectivity index (χ0v) is 9.72. The summed E-state index contributed by atoms with van der Waals surface area (Å²) >= 11 is 6.13. The lowest BCUT2D eigenvalue weighted by molar-refractivity contribution is 0.123. The lowest BCUT2D eigenvalue weighted by atomic mass is 9.81. The molecule has 0 saturated heterocycles. The number of nitrogens with zero attached hydrogens (tertiary/aromatic N) is 1. The molecule has 0 amide bonds. The molecule has 1 aromatic rings. The van der Waals surface area contributed by atoms with Gasteiger partial charge < -0.3 is 5.11 Å². The summed E-state index contributed by atoms with van der Waals surface area (Å²) in [6.07, 6.45) is 5.62. The lowest BCUT2D eigenvalue weighted by Gasteiger charge is -2.25. The molecule has 1 unspecified atom stereocenters. The van der Waals surface area contributed by atoms with Crippen LogP contribution in [0.1, 0.15) is 31.0 Å². The number of fused-ring (bicyclic) bond motifs is 1. The van der Waals surface area contributed by atoms with Crippen molar-refractivity contribution in [2.75, 3.05) is 6.61 Å². The van der Waals surface area contributed by atoms with Crippen molar-refractivity contribution in [3.8, 4) is 0 Å². The summed E-state index contributed by atoms with van der Waals surface area (Å²) in [4.78, 5) is 4.35. The second-order valence-corrected chi connectivity index (χ2v) is 4.89. The van der Waals surface area contributed by atoms with E-state index in [0.717, 1.165) is 42.0 Å². The largest absolute Gasteiger partial charge is 0.396 e. The van der Waals surface area contributed by atoms with Crippen LogP contribution in [0.3, 0.4) is 0 Å². The standard InChI is InChI=1S/C12H16ClNO/c1-2-4-12(8-15)6-9-10(13)3-5-14-11(9)7-12/h3,5,15H,2,4,6-8H2,1H3. The van der Waals surface area contributed by atoms with Gasteiger partial charge in [-0.3, -0.25) is 4.98 Å². The van der Waals surface area contributed by atoms with Crippen LogP contribution in [0.25, 0.3) is 0 Å². The van der Waals surface area contributed by atoms with Crippen molar-refractivity contribution in [2.45, 2.75) is 32.6 Å². The first-order chi connectivity index (χ1) is 7.21. The summed E-state index contributed by atoms with van der Waals surface area (Å²) in [5.41, 5.74) is 2.21. The Balaban J connectivity index is 2.31. The molecule has 1 aliphatic carbocycles. The lowest BCUT2D eigenvalue weighted by Crippen LogP contribution is -2.25. The second kappa shape index (κ2) is 4.11. The Morgan fingerprint density at radius 2 is 2.33 bits per heavy atom. The van der Waals surface area contributed by atoms with Crippen LogP contribution in [0.4, 0.5) is 0 Å². The molecule has 1 heterocycles. The zero-order valence-electron chi connectivity index (χ0n) is 8.96. The van der Waals surface area contributed by atoms with Crippen molar-refractivity contribution in [2.24, 2.45) is 5.41 Å². The maximum atomic E-state index is 9.54. The highest BCUT2D eigenvalue weighted by Gasteiger charge is 2.37. The minimum absolute atomic E-state index is 0.00488. The zero-order chi connectivity index (χ0) is 10.9. The van der Waals surface area contributed by atoms with Gasteiger partial charge in [0.15, 0.2) is 0 Å². The van der Waals surface area contributed by atoms with E-state index in [1.807, 2.05) is 6.07 Å². The predicted molar refractivity (Wildman–Crippen MR) is 61.1 cm³/mol. The summed E-state index contributed by atoms with van der Waals surface area (Å²) < 4.78 is 0. The van der Waals surface area contributed by atoms with Crippen molar-refractivity contribution in [1.82, 2.24) is 4.98 Å². The van der Waals surface area contributed by atoms with Crippen molar-refractivity contribution >= 4 is 11.6 Å². The normalized spacial score (nSPS) is 24.2. The van der Waals surface area contributed by atoms with Gasteiger partial charge in [-0.25, -0.2) is 0 Å². The van der Waals surface area contributed by atoms with Gasteiger partial charge in [0.05, 0.1) is 0 Å². The molecule has 1 aromatic heterocycles. The van der Waals surface area contributed by atoms with Gasteiger partial charge in [0.25, 0.3) is 0 Å². The highest BCUT2D eigenvalue weighted by atomic mass is 35.5. The van der Waals surface area contributed by atoms with E-state index in [-0.39, 0.29) is 12.0 Å². The predicted octanol–water partition coefficient (Wildman–Crippen LogP) is 2.61. The fourth-order valence-corrected chi connectivity index (χ4v) is 2.77. The van der Waals surface area contributed by atoms with Gasteiger partial charge >= 0.3 is 0 Å². The Morgan fingerprint density at radius 3 is 2.93 bits per heavy atom. The van der Waals surface area contributed by atoms with E-state index in [4.69, 9.17) is 11.6 Å². The smallest absolute Gasteiger partial charge is 0.0494 e. The summed E-state index contributed by atoms with van der Waals surface area (Å²) in [6, 6.07) is 1.83. The first-order valence-corrected chi connectivity index (χ1v) is 5.82. The SMILES string of the molecule is CCCC1(CO)Cc2nccc(Cl)c2C1. The Bertz CT molecular complexity index is 367. The van der Waals surface area contributed by atoms with Crippen LogP contribution in [-0.4, -0.2) is 16.7 Å². The van der Waals surface area contributed by atoms with Gasteiger partial charge in [0.2, 0.25) is 0 Å². The van der Waals surface area contributed by atoms with Crippen LogP contribution in [0.2, 0.25) is 5.02 Å². The molecule has 1 N–H and O–H groups in total. The summed E-state index contributed by atoms with van der Waals surface area (Å²) in [7, 11) is 0. The average Bonchev–Trinajstić information content (AvgIpc) is 2.59. The van der Waals surface area contributed by atoms with Crippen LogP contribution in [0.15, 0.2) is 12.3 Å². The molecule has 82 valence electrons. The molecule has 1 atom stereocenters. The Labute approximate surface area is 95.3 Å². The first kappa shape index (κ1) is 10.9. The molecular formula is C12H16ClNO. The summed E-state index contributed by atoms with van der Waals surface area (Å²) in [5.74, 6) is 0. The molecule has 2 rings (SSSR count). The van der Waals surface area contributed by atoms with E-state index in [2.05, 4.69) is 11.9 Å². The first-order valence-electron chi connectivity index (χ1n) is 5.44. The number of aliphatic hydroxyl groups excluding tert-OH is 1. The summed E-state index contributed by atoms with van der Waals surface area (Å²) in [5, 5.41) is 10.3. The van der Waals surface area contributed by atoms with Crippen molar-refractivity contribution in [3.05, 3.63) is 28.5 Å². The topological polar surface area (TPSA) is 33.1 Å². The van der Waals surface area contributed by atoms with Gasteiger partial charge in [-0.2, -0.15) is 0 Å². The van der Waals surface area contributed by atoms with E-state index in [9.17, 15) is 5.11 Å². The van der Waals surface area contributed by atoms with Crippen LogP contribution >= 0.6 is 11.6 Å². The molecule has 0 aromatic carbocycles. The number of pyridine rings is 1. The third-order valence-electron chi connectivity index (χ3n) is 3.30. The number of halogens is 1. The van der Waals surface area contributed by atoms with Crippen LogP contribution < -0.4 is 0 Å². The molecule has 0 bridgehead atoms. The molecule has 1 aliphatic rings. The number of rotatable bonds is 3. The quantitative estimate of drug-likeness (QED) is 0.858. The van der Waals surface area contributed by atoms with Crippen molar-refractivity contribution < 1.29 is 5.11 Å². The molecule has 3 heteroatoms. The molecule has 0 spiro atoms. The van der Waals surface area contributed by atoms with E-state index in [1.165, 1.54) is 0 Å². The third-order valence-corrected chi connectivity index (χ3v) is 3.65. The Hall–Kier alpha value is -0.600. The van der Waals surface area contributed by atoms with Gasteiger partial charge in [-0.1, -0.05) is 24.9 Å². The molecule has 0 radical (unpaired) electrons. The minimum atomic E-state index is -0.00488. The number of aliphatic hydroxyl groups is 1. The van der Waals surface area contributed by atoms with Gasteiger partial charge in [-0.05, 0) is 30.9 Å². The Morgan fingerprint density at radius 1 is 1.53 bits per heavy atom. The maximum absolute atomic E-state index is 9.54. The van der Waals surface area contributed by atoms with E-state index < -0.39 is 0 Å². The van der Waals surface area contributed by atoms with Gasteiger partial charge in [0, 0.05) is 28.9 Å². The maximum Gasteiger partial charge on any atom is 0.0494 e. The van der Waals surface area contributed by atoms with Crippen LogP contribution in [0, 0.1) is 5.41 Å². The second-order valence-electron chi connectivity index (χ2n) is 4.48. The molecule has 0 saturated carbocycles. The van der Waals surface area contributed by atoms with Crippen LogP contribution in [-0.2, 0) is 12.8 Å². The molecule has 2 nitrogen and oxygen atoms in total. The highest BCUT2D eigenvalue weighted by molar-refractivity contribution is 6.31. The van der Waals surface area contributed by atoms with Crippen LogP contribution in [0.5, 0.6) is 0 Å². The molecule has 0 aliphatic heterocycles. The molecule has 15 heavy (non-hydrogen) atoms. The molecular weight excluding hydrogens is 210 g/mol. The number of aromatic nitrogens is 1. The fraction of sp³-hybridized carbons (Fsp3) is 0.583. The third kappa shape index (κ3) is 1.88. The van der Waals surface area contributed by atoms with Crippen molar-refractivity contribution in [1.29, 1.82) is 0 Å². The van der Waals surface area contributed by atoms with Gasteiger partial charge in [0.1, 0.15) is 0 Å². The summed E-state index contributed by atoms with van der Waals surface area (Å²) in [6.45, 7) is 2.38. The Kier molecular flexibility index (Phi) is 2.98. The fourth-order valence-electron chi connectivity index (χ4n) is 2.54. The number of hydrogen-bond acceptors (Lipinski definition) is 2. The van der Waals surface area contributed by atoms with Crippen molar-refractivity contribution in [3.63, 3.8) is 0 Å². The minimum Gasteiger partial charge on any atom is -0.396 e. The van der Waals surface area contributed by atoms with E-state index in [0.29, 0.717) is 0 Å². The van der Waals surface area contributed by atoms with E-state index in [1.54, 1.807) is 6.20 Å². The van der Waals surface area contributed by atoms with E-state index >= 15 is 0 Å². The highest BCUT2D eigenvalue weighted by Crippen LogP contribution is 2.41. The monoisotopic (exact) mass is 225 g/mol. The molecule has 0 fully saturated rings. The average molecular weight is 226 g/mol.